The number of ether oxygens (including phenoxy) is 1. The van der Waals surface area contributed by atoms with Gasteiger partial charge in [0.25, 0.3) is 0 Å². The molecular formula is C14H13F6NO3. The van der Waals surface area contributed by atoms with E-state index in [9.17, 15) is 31.1 Å². The molecule has 1 aliphatic heterocycles. The lowest BCUT2D eigenvalue weighted by molar-refractivity contribution is -0.274. The number of benzene rings is 1. The second kappa shape index (κ2) is 6.88. The van der Waals surface area contributed by atoms with Gasteiger partial charge in [0.2, 0.25) is 0 Å². The molecule has 0 saturated carbocycles. The van der Waals surface area contributed by atoms with E-state index in [0.29, 0.717) is 12.8 Å². The lowest BCUT2D eigenvalue weighted by Crippen LogP contribution is -2.39. The number of alkyl halides is 6. The molecule has 0 N–H and O–H groups in total. The minimum Gasteiger partial charge on any atom is -0.406 e. The molecule has 134 valence electrons. The Morgan fingerprint density at radius 3 is 2.00 bits per heavy atom. The zero-order valence-corrected chi connectivity index (χ0v) is 12.2. The first-order chi connectivity index (χ1) is 11.0. The Kier molecular flexibility index (Phi) is 5.26. The monoisotopic (exact) mass is 357 g/mol. The van der Waals surface area contributed by atoms with E-state index in [1.165, 1.54) is 24.3 Å². The lowest BCUT2D eigenvalue weighted by Gasteiger charge is -2.30. The largest absolute Gasteiger partial charge is 0.573 e. The van der Waals surface area contributed by atoms with Gasteiger partial charge in [-0.2, -0.15) is 13.2 Å². The normalized spacial score (nSPS) is 17.6. The van der Waals surface area contributed by atoms with Crippen molar-refractivity contribution in [3.63, 3.8) is 0 Å². The van der Waals surface area contributed by atoms with Crippen molar-refractivity contribution in [2.45, 2.75) is 31.3 Å². The van der Waals surface area contributed by atoms with Gasteiger partial charge >= 0.3 is 18.5 Å². The highest BCUT2D eigenvalue weighted by Crippen LogP contribution is 2.31. The average Bonchev–Trinajstić information content (AvgIpc) is 2.46. The van der Waals surface area contributed by atoms with Crippen LogP contribution in [0, 0.1) is 0 Å². The minimum atomic E-state index is -5.05. The Balaban J connectivity index is 1.87. The van der Waals surface area contributed by atoms with E-state index in [4.69, 9.17) is 0 Å². The number of hydroxylamine groups is 2. The van der Waals surface area contributed by atoms with E-state index in [-0.39, 0.29) is 24.8 Å². The molecule has 1 heterocycles. The van der Waals surface area contributed by atoms with Crippen LogP contribution in [-0.2, 0) is 9.63 Å². The van der Waals surface area contributed by atoms with Gasteiger partial charge in [-0.3, -0.25) is 0 Å². The predicted octanol–water partition coefficient (Wildman–Crippen LogP) is 3.79. The summed E-state index contributed by atoms with van der Waals surface area (Å²) in [5.74, 6) is -2.66. The highest BCUT2D eigenvalue weighted by Gasteiger charge is 2.43. The molecule has 1 aromatic carbocycles. The molecule has 1 aromatic rings. The number of carbonyl (C=O) groups excluding carboxylic acids is 1. The first-order valence-electron chi connectivity index (χ1n) is 6.94. The smallest absolute Gasteiger partial charge is 0.406 e. The first kappa shape index (κ1) is 18.4. The summed E-state index contributed by atoms with van der Waals surface area (Å²) in [5, 5.41) is 0.938. The Labute approximate surface area is 132 Å². The van der Waals surface area contributed by atoms with Crippen LogP contribution in [0.4, 0.5) is 26.3 Å². The third-order valence-electron chi connectivity index (χ3n) is 3.48. The molecule has 24 heavy (non-hydrogen) atoms. The quantitative estimate of drug-likeness (QED) is 0.772. The molecule has 10 heteroatoms. The molecule has 1 aliphatic rings. The van der Waals surface area contributed by atoms with Crippen molar-refractivity contribution >= 4 is 5.97 Å². The van der Waals surface area contributed by atoms with Crippen LogP contribution in [0.3, 0.4) is 0 Å². The van der Waals surface area contributed by atoms with Crippen molar-refractivity contribution < 1.29 is 40.7 Å². The molecule has 2 rings (SSSR count). The lowest BCUT2D eigenvalue weighted by atomic mass is 9.90. The molecule has 0 bridgehead atoms. The van der Waals surface area contributed by atoms with Gasteiger partial charge in [-0.05, 0) is 36.5 Å². The van der Waals surface area contributed by atoms with Gasteiger partial charge in [0.05, 0.1) is 0 Å². The third kappa shape index (κ3) is 5.29. The first-order valence-corrected chi connectivity index (χ1v) is 6.94. The molecule has 4 nitrogen and oxygen atoms in total. The van der Waals surface area contributed by atoms with Crippen LogP contribution in [0.1, 0.15) is 24.3 Å². The molecule has 0 amide bonds. The molecule has 1 fully saturated rings. The summed E-state index contributed by atoms with van der Waals surface area (Å²) in [4.78, 5) is 15.0. The number of hydrogen-bond donors (Lipinski definition) is 0. The predicted molar refractivity (Wildman–Crippen MR) is 68.8 cm³/mol. The molecular weight excluding hydrogens is 344 g/mol. The molecule has 0 aromatic heterocycles. The fraction of sp³-hybridized carbons (Fsp3) is 0.500. The van der Waals surface area contributed by atoms with Gasteiger partial charge in [0, 0.05) is 13.1 Å². The summed E-state index contributed by atoms with van der Waals surface area (Å²) < 4.78 is 76.3. The molecule has 1 saturated heterocycles. The van der Waals surface area contributed by atoms with Gasteiger partial charge in [0.15, 0.2) is 0 Å². The molecule has 0 spiro atoms. The zero-order valence-electron chi connectivity index (χ0n) is 12.2. The Hall–Kier alpha value is -1.97. The van der Waals surface area contributed by atoms with Crippen LogP contribution in [0.25, 0.3) is 0 Å². The van der Waals surface area contributed by atoms with Crippen LogP contribution >= 0.6 is 0 Å². The zero-order chi connectivity index (χ0) is 18.0. The number of nitrogens with zero attached hydrogens (tertiary/aromatic N) is 1. The maximum absolute atomic E-state index is 12.1. The van der Waals surface area contributed by atoms with Crippen molar-refractivity contribution in [2.75, 3.05) is 13.1 Å². The van der Waals surface area contributed by atoms with E-state index in [0.717, 1.165) is 10.6 Å². The summed E-state index contributed by atoms with van der Waals surface area (Å²) in [5.41, 5.74) is 0.742. The summed E-state index contributed by atoms with van der Waals surface area (Å²) in [6.45, 7) is 0.209. The molecule has 0 aliphatic carbocycles. The third-order valence-corrected chi connectivity index (χ3v) is 3.48. The number of piperidine rings is 1. The van der Waals surface area contributed by atoms with Crippen LogP contribution in [-0.4, -0.2) is 36.7 Å². The summed E-state index contributed by atoms with van der Waals surface area (Å²) in [7, 11) is 0. The van der Waals surface area contributed by atoms with Crippen LogP contribution in [0.5, 0.6) is 5.75 Å². The van der Waals surface area contributed by atoms with Gasteiger partial charge in [-0.1, -0.05) is 12.1 Å². The van der Waals surface area contributed by atoms with Gasteiger partial charge in [0.1, 0.15) is 5.75 Å². The Bertz CT molecular complexity index is 561. The van der Waals surface area contributed by atoms with Crippen LogP contribution in [0.15, 0.2) is 24.3 Å². The number of carbonyl (C=O) groups is 1. The molecule has 0 radical (unpaired) electrons. The SMILES string of the molecule is O=C(ON1CCC(c2ccc(OC(F)(F)F)cc2)CC1)C(F)(F)F. The van der Waals surface area contributed by atoms with Crippen LogP contribution in [0.2, 0.25) is 0 Å². The van der Waals surface area contributed by atoms with Crippen LogP contribution < -0.4 is 4.74 Å². The van der Waals surface area contributed by atoms with E-state index in [1.54, 1.807) is 0 Å². The minimum absolute atomic E-state index is 0.0502. The number of halogens is 6. The maximum Gasteiger partial charge on any atom is 0.573 e. The standard InChI is InChI=1S/C14H13F6NO3/c15-13(16,17)12(22)24-21-7-5-10(6-8-21)9-1-3-11(4-2-9)23-14(18,19)20/h1-4,10H,5-8H2. The van der Waals surface area contributed by atoms with E-state index in [2.05, 4.69) is 9.57 Å². The average molecular weight is 357 g/mol. The van der Waals surface area contributed by atoms with E-state index >= 15 is 0 Å². The van der Waals surface area contributed by atoms with Crippen molar-refractivity contribution in [3.8, 4) is 5.75 Å². The topological polar surface area (TPSA) is 38.8 Å². The van der Waals surface area contributed by atoms with Crippen molar-refractivity contribution in [1.82, 2.24) is 5.06 Å². The highest BCUT2D eigenvalue weighted by molar-refractivity contribution is 5.75. The summed E-state index contributed by atoms with van der Waals surface area (Å²) in [6, 6.07) is 5.31. The summed E-state index contributed by atoms with van der Waals surface area (Å²) >= 11 is 0. The summed E-state index contributed by atoms with van der Waals surface area (Å²) in [6.07, 6.45) is -9.00. The van der Waals surface area contributed by atoms with Crippen molar-refractivity contribution in [2.24, 2.45) is 0 Å². The maximum atomic E-state index is 12.1. The van der Waals surface area contributed by atoms with Crippen molar-refractivity contribution in [3.05, 3.63) is 29.8 Å². The molecule has 0 unspecified atom stereocenters. The number of hydrogen-bond acceptors (Lipinski definition) is 4. The second-order valence-electron chi connectivity index (χ2n) is 5.20. The van der Waals surface area contributed by atoms with E-state index < -0.39 is 18.5 Å². The van der Waals surface area contributed by atoms with Gasteiger partial charge < -0.3 is 9.57 Å². The molecule has 0 atom stereocenters. The Morgan fingerprint density at radius 2 is 1.54 bits per heavy atom. The number of rotatable bonds is 3. The van der Waals surface area contributed by atoms with Crippen molar-refractivity contribution in [1.29, 1.82) is 0 Å². The Morgan fingerprint density at radius 1 is 1.00 bits per heavy atom. The fourth-order valence-electron chi connectivity index (χ4n) is 2.39. The second-order valence-corrected chi connectivity index (χ2v) is 5.20. The van der Waals surface area contributed by atoms with Gasteiger partial charge in [-0.15, -0.1) is 18.2 Å². The highest BCUT2D eigenvalue weighted by atomic mass is 19.4. The van der Waals surface area contributed by atoms with E-state index in [1.807, 2.05) is 0 Å². The fourth-order valence-corrected chi connectivity index (χ4v) is 2.39. The van der Waals surface area contributed by atoms with Gasteiger partial charge in [-0.25, -0.2) is 4.79 Å².